The predicted molar refractivity (Wildman–Crippen MR) is 154 cm³/mol. The Morgan fingerprint density at radius 3 is 2.61 bits per heavy atom. The fourth-order valence-corrected chi connectivity index (χ4v) is 5.57. The zero-order chi connectivity index (χ0) is 26.7. The summed E-state index contributed by atoms with van der Waals surface area (Å²) >= 11 is 12.7. The van der Waals surface area contributed by atoms with Crippen LogP contribution in [0.2, 0.25) is 10.0 Å². The SMILES string of the molecule is COc1ccc(Cn2cc([C@@H](CC(=O)NC[C@@]3(C)CCCO3)c3ccc(Cl)c(Cl)c3)c3ccccc32)cc1. The molecule has 7 heteroatoms. The van der Waals surface area contributed by atoms with Crippen molar-refractivity contribution >= 4 is 40.0 Å². The van der Waals surface area contributed by atoms with Gasteiger partial charge < -0.3 is 19.4 Å². The Kier molecular flexibility index (Phi) is 7.98. The van der Waals surface area contributed by atoms with Crippen LogP contribution in [0, 0.1) is 0 Å². The van der Waals surface area contributed by atoms with Gasteiger partial charge in [0.25, 0.3) is 0 Å². The van der Waals surface area contributed by atoms with Crippen molar-refractivity contribution in [3.8, 4) is 5.75 Å². The molecule has 1 fully saturated rings. The number of rotatable bonds is 9. The average Bonchev–Trinajstić information content (AvgIpc) is 3.52. The standard InChI is InChI=1S/C31H32Cl2N2O3/c1-31(14-5-15-38-31)20-34-30(36)17-25(22-10-13-27(32)28(33)16-22)26-19-35(29-7-4-3-6-24(26)29)18-21-8-11-23(37-2)12-9-21/h3-4,6-13,16,19,25H,5,14-15,17-18,20H2,1-2H3,(H,34,36)/t25-,31+/m0/s1. The molecule has 1 aliphatic rings. The van der Waals surface area contributed by atoms with Gasteiger partial charge in [-0.05, 0) is 66.8 Å². The first-order chi connectivity index (χ1) is 18.3. The lowest BCUT2D eigenvalue weighted by molar-refractivity contribution is -0.122. The van der Waals surface area contributed by atoms with E-state index in [9.17, 15) is 4.79 Å². The van der Waals surface area contributed by atoms with E-state index in [0.717, 1.165) is 52.8 Å². The zero-order valence-corrected chi connectivity index (χ0v) is 23.2. The molecule has 1 aliphatic heterocycles. The first-order valence-corrected chi connectivity index (χ1v) is 13.7. The van der Waals surface area contributed by atoms with Crippen LogP contribution >= 0.6 is 23.2 Å². The summed E-state index contributed by atoms with van der Waals surface area (Å²) in [5.41, 5.74) is 3.99. The quantitative estimate of drug-likeness (QED) is 0.239. The summed E-state index contributed by atoms with van der Waals surface area (Å²) in [5.74, 6) is 0.600. The van der Waals surface area contributed by atoms with Crippen molar-refractivity contribution in [2.75, 3.05) is 20.3 Å². The summed E-state index contributed by atoms with van der Waals surface area (Å²) in [6, 6.07) is 22.0. The van der Waals surface area contributed by atoms with Crippen LogP contribution in [0.3, 0.4) is 0 Å². The van der Waals surface area contributed by atoms with E-state index in [1.165, 1.54) is 0 Å². The van der Waals surface area contributed by atoms with Gasteiger partial charge in [0.1, 0.15) is 5.75 Å². The van der Waals surface area contributed by atoms with E-state index in [4.69, 9.17) is 32.7 Å². The molecule has 1 amide bonds. The van der Waals surface area contributed by atoms with Gasteiger partial charge in [0.2, 0.25) is 5.91 Å². The van der Waals surface area contributed by atoms with Crippen molar-refractivity contribution < 1.29 is 14.3 Å². The normalized spacial score (nSPS) is 18.0. The molecule has 0 radical (unpaired) electrons. The summed E-state index contributed by atoms with van der Waals surface area (Å²) in [7, 11) is 1.67. The highest BCUT2D eigenvalue weighted by atomic mass is 35.5. The number of halogens is 2. The maximum atomic E-state index is 13.3. The van der Waals surface area contributed by atoms with Gasteiger partial charge in [0.05, 0.1) is 22.8 Å². The fraction of sp³-hybridized carbons (Fsp3) is 0.323. The molecule has 0 saturated carbocycles. The summed E-state index contributed by atoms with van der Waals surface area (Å²) in [6.45, 7) is 4.00. The minimum Gasteiger partial charge on any atom is -0.497 e. The number of para-hydroxylation sites is 1. The molecule has 5 rings (SSSR count). The fourth-order valence-electron chi connectivity index (χ4n) is 5.27. The van der Waals surface area contributed by atoms with Crippen molar-refractivity contribution in [3.63, 3.8) is 0 Å². The largest absolute Gasteiger partial charge is 0.497 e. The molecule has 2 atom stereocenters. The van der Waals surface area contributed by atoms with Gasteiger partial charge in [-0.2, -0.15) is 0 Å². The van der Waals surface area contributed by atoms with Gasteiger partial charge >= 0.3 is 0 Å². The molecule has 0 unspecified atom stereocenters. The van der Waals surface area contributed by atoms with Crippen molar-refractivity contribution in [2.24, 2.45) is 0 Å². The lowest BCUT2D eigenvalue weighted by Gasteiger charge is -2.24. The van der Waals surface area contributed by atoms with E-state index in [2.05, 4.69) is 47.3 Å². The van der Waals surface area contributed by atoms with Gasteiger partial charge in [0.15, 0.2) is 0 Å². The minimum atomic E-state index is -0.302. The Morgan fingerprint density at radius 1 is 1.11 bits per heavy atom. The first kappa shape index (κ1) is 26.6. The third-order valence-corrected chi connectivity index (χ3v) is 8.14. The summed E-state index contributed by atoms with van der Waals surface area (Å²) in [4.78, 5) is 13.3. The predicted octanol–water partition coefficient (Wildman–Crippen LogP) is 7.21. The lowest BCUT2D eigenvalue weighted by Crippen LogP contribution is -2.40. The molecule has 2 heterocycles. The summed E-state index contributed by atoms with van der Waals surface area (Å²) in [6.07, 6.45) is 4.41. The number of hydrogen-bond acceptors (Lipinski definition) is 3. The first-order valence-electron chi connectivity index (χ1n) is 12.9. The van der Waals surface area contributed by atoms with E-state index < -0.39 is 0 Å². The van der Waals surface area contributed by atoms with Crippen LogP contribution < -0.4 is 10.1 Å². The third-order valence-electron chi connectivity index (χ3n) is 7.40. The maximum absolute atomic E-state index is 13.3. The number of fused-ring (bicyclic) bond motifs is 1. The molecule has 0 aliphatic carbocycles. The monoisotopic (exact) mass is 550 g/mol. The van der Waals surface area contributed by atoms with Crippen LogP contribution in [0.1, 0.15) is 48.8 Å². The number of amides is 1. The summed E-state index contributed by atoms with van der Waals surface area (Å²) < 4.78 is 13.4. The number of methoxy groups -OCH3 is 1. The second kappa shape index (κ2) is 11.4. The highest BCUT2D eigenvalue weighted by Gasteiger charge is 2.31. The second-order valence-electron chi connectivity index (χ2n) is 10.2. The number of hydrogen-bond donors (Lipinski definition) is 1. The average molecular weight is 552 g/mol. The van der Waals surface area contributed by atoms with Crippen LogP contribution in [0.15, 0.2) is 72.9 Å². The number of benzene rings is 3. The Balaban J connectivity index is 1.49. The Morgan fingerprint density at radius 2 is 1.89 bits per heavy atom. The molecule has 3 aromatic carbocycles. The van der Waals surface area contributed by atoms with Crippen molar-refractivity contribution in [2.45, 2.75) is 44.2 Å². The highest BCUT2D eigenvalue weighted by molar-refractivity contribution is 6.42. The van der Waals surface area contributed by atoms with Crippen LogP contribution in [-0.4, -0.2) is 36.3 Å². The van der Waals surface area contributed by atoms with E-state index in [-0.39, 0.29) is 23.8 Å². The van der Waals surface area contributed by atoms with Crippen LogP contribution in [0.5, 0.6) is 5.75 Å². The molecule has 198 valence electrons. The van der Waals surface area contributed by atoms with Gasteiger partial charge in [-0.3, -0.25) is 4.79 Å². The molecular weight excluding hydrogens is 519 g/mol. The Labute approximate surface area is 233 Å². The number of nitrogens with zero attached hydrogens (tertiary/aromatic N) is 1. The molecule has 1 N–H and O–H groups in total. The van der Waals surface area contributed by atoms with Crippen LogP contribution in [0.4, 0.5) is 0 Å². The number of carbonyl (C=O) groups excluding carboxylic acids is 1. The Bertz CT molecular complexity index is 1430. The molecule has 5 nitrogen and oxygen atoms in total. The van der Waals surface area contributed by atoms with Crippen molar-refractivity contribution in [1.82, 2.24) is 9.88 Å². The van der Waals surface area contributed by atoms with E-state index in [1.54, 1.807) is 13.2 Å². The van der Waals surface area contributed by atoms with E-state index in [0.29, 0.717) is 23.1 Å². The number of carbonyl (C=O) groups is 1. The molecule has 1 aromatic heterocycles. The molecule has 1 saturated heterocycles. The molecule has 4 aromatic rings. The number of nitrogens with one attached hydrogen (secondary N) is 1. The smallest absolute Gasteiger partial charge is 0.221 e. The van der Waals surface area contributed by atoms with Crippen LogP contribution in [0.25, 0.3) is 10.9 Å². The van der Waals surface area contributed by atoms with Crippen molar-refractivity contribution in [3.05, 3.63) is 99.7 Å². The van der Waals surface area contributed by atoms with Crippen LogP contribution in [-0.2, 0) is 16.1 Å². The molecule has 0 bridgehead atoms. The van der Waals surface area contributed by atoms with E-state index in [1.807, 2.05) is 36.4 Å². The van der Waals surface area contributed by atoms with Gasteiger partial charge in [0, 0.05) is 49.1 Å². The number of aromatic nitrogens is 1. The number of ether oxygens (including phenoxy) is 2. The topological polar surface area (TPSA) is 52.5 Å². The molecule has 0 spiro atoms. The second-order valence-corrected chi connectivity index (χ2v) is 11.0. The maximum Gasteiger partial charge on any atom is 0.221 e. The van der Waals surface area contributed by atoms with Gasteiger partial charge in [-0.1, -0.05) is 59.6 Å². The summed E-state index contributed by atoms with van der Waals surface area (Å²) in [5, 5.41) is 5.20. The Hall–Kier alpha value is -2.99. The minimum absolute atomic E-state index is 0.0233. The van der Waals surface area contributed by atoms with Gasteiger partial charge in [-0.25, -0.2) is 0 Å². The van der Waals surface area contributed by atoms with Crippen molar-refractivity contribution in [1.29, 1.82) is 0 Å². The van der Waals surface area contributed by atoms with E-state index >= 15 is 0 Å². The molecule has 38 heavy (non-hydrogen) atoms. The zero-order valence-electron chi connectivity index (χ0n) is 21.7. The third kappa shape index (κ3) is 5.85. The molecular formula is C31H32Cl2N2O3. The van der Waals surface area contributed by atoms with Gasteiger partial charge in [-0.15, -0.1) is 0 Å². The highest BCUT2D eigenvalue weighted by Crippen LogP contribution is 2.37. The lowest BCUT2D eigenvalue weighted by atomic mass is 9.88.